The van der Waals surface area contributed by atoms with Gasteiger partial charge in [0, 0.05) is 10.7 Å². The molecule has 0 saturated carbocycles. The number of nitrogens with zero attached hydrogens (tertiary/aromatic N) is 3. The van der Waals surface area contributed by atoms with E-state index in [1.165, 1.54) is 11.8 Å². The summed E-state index contributed by atoms with van der Waals surface area (Å²) in [6.07, 6.45) is 0. The van der Waals surface area contributed by atoms with Gasteiger partial charge in [-0.25, -0.2) is 9.48 Å². The van der Waals surface area contributed by atoms with Crippen LogP contribution in [0.25, 0.3) is 0 Å². The van der Waals surface area contributed by atoms with Crippen LogP contribution in [0, 0.1) is 0 Å². The zero-order chi connectivity index (χ0) is 24.9. The number of nitrogens with one attached hydrogen (secondary N) is 1. The molecule has 3 aromatic rings. The third kappa shape index (κ3) is 5.41. The van der Waals surface area contributed by atoms with Crippen molar-refractivity contribution in [1.82, 2.24) is 14.8 Å². The molecule has 1 N–H and O–H groups in total. The monoisotopic (exact) mass is 514 g/mol. The van der Waals surface area contributed by atoms with Crippen LogP contribution >= 0.6 is 23.4 Å². The number of ether oxygens (including phenoxy) is 3. The number of aromatic nitrogens is 3. The van der Waals surface area contributed by atoms with Crippen LogP contribution in [0.3, 0.4) is 0 Å². The van der Waals surface area contributed by atoms with Gasteiger partial charge in [-0.2, -0.15) is 4.98 Å². The molecular weight excluding hydrogens is 488 g/mol. The number of allylic oxidation sites excluding steroid dienone is 1. The normalized spacial score (nSPS) is 14.8. The molecule has 0 aliphatic carbocycles. The zero-order valence-corrected chi connectivity index (χ0v) is 21.6. The van der Waals surface area contributed by atoms with E-state index in [1.54, 1.807) is 18.7 Å². The van der Waals surface area contributed by atoms with Crippen LogP contribution in [0.5, 0.6) is 11.5 Å². The third-order valence-electron chi connectivity index (χ3n) is 5.39. The maximum Gasteiger partial charge on any atom is 0.338 e. The fourth-order valence-electron chi connectivity index (χ4n) is 3.86. The quantitative estimate of drug-likeness (QED) is 0.296. The molecule has 0 radical (unpaired) electrons. The van der Waals surface area contributed by atoms with Crippen molar-refractivity contribution in [3.8, 4) is 11.5 Å². The zero-order valence-electron chi connectivity index (χ0n) is 20.0. The van der Waals surface area contributed by atoms with E-state index in [0.717, 1.165) is 16.9 Å². The van der Waals surface area contributed by atoms with Crippen molar-refractivity contribution >= 4 is 35.3 Å². The second-order valence-electron chi connectivity index (χ2n) is 7.71. The summed E-state index contributed by atoms with van der Waals surface area (Å²) < 4.78 is 18.8. The Hall–Kier alpha value is -3.17. The number of carbonyl (C=O) groups is 1. The van der Waals surface area contributed by atoms with Gasteiger partial charge in [0.15, 0.2) is 11.5 Å². The predicted molar refractivity (Wildman–Crippen MR) is 136 cm³/mol. The first-order chi connectivity index (χ1) is 16.9. The third-order valence-corrected chi connectivity index (χ3v) is 6.34. The van der Waals surface area contributed by atoms with Gasteiger partial charge in [0.2, 0.25) is 11.1 Å². The van der Waals surface area contributed by atoms with Crippen molar-refractivity contribution in [2.75, 3.05) is 24.8 Å². The van der Waals surface area contributed by atoms with Gasteiger partial charge in [-0.15, -0.1) is 5.10 Å². The number of fused-ring (bicyclic) bond motifs is 1. The Labute approximate surface area is 213 Å². The molecule has 10 heteroatoms. The van der Waals surface area contributed by atoms with Crippen molar-refractivity contribution in [2.24, 2.45) is 0 Å². The summed E-state index contributed by atoms with van der Waals surface area (Å²) in [7, 11) is 1.58. The van der Waals surface area contributed by atoms with Crippen LogP contribution in [0.1, 0.15) is 37.9 Å². The molecule has 1 aliphatic heterocycles. The van der Waals surface area contributed by atoms with Crippen LogP contribution in [0.2, 0.25) is 5.02 Å². The molecule has 1 atom stereocenters. The van der Waals surface area contributed by atoms with Crippen LogP contribution < -0.4 is 14.8 Å². The Morgan fingerprint density at radius 2 is 2.03 bits per heavy atom. The van der Waals surface area contributed by atoms with E-state index >= 15 is 0 Å². The highest BCUT2D eigenvalue weighted by Crippen LogP contribution is 2.40. The summed E-state index contributed by atoms with van der Waals surface area (Å²) in [5, 5.41) is 9.15. The first-order valence-corrected chi connectivity index (χ1v) is 12.6. The number of thioether (sulfide) groups is 1. The van der Waals surface area contributed by atoms with Gasteiger partial charge in [-0.3, -0.25) is 0 Å². The smallest absolute Gasteiger partial charge is 0.338 e. The highest BCUT2D eigenvalue weighted by molar-refractivity contribution is 7.99. The second-order valence-corrected chi connectivity index (χ2v) is 9.38. The van der Waals surface area contributed by atoms with Crippen molar-refractivity contribution in [3.63, 3.8) is 0 Å². The summed E-state index contributed by atoms with van der Waals surface area (Å²) in [6.45, 7) is 6.26. The summed E-state index contributed by atoms with van der Waals surface area (Å²) in [6, 6.07) is 12.5. The largest absolute Gasteiger partial charge is 0.493 e. The Balaban J connectivity index is 1.71. The molecule has 0 amide bonds. The van der Waals surface area contributed by atoms with Crippen molar-refractivity contribution in [2.45, 2.75) is 38.6 Å². The molecule has 4 rings (SSSR count). The first-order valence-electron chi connectivity index (χ1n) is 11.2. The molecule has 1 aromatic heterocycles. The summed E-state index contributed by atoms with van der Waals surface area (Å²) in [5.74, 6) is 2.10. The molecule has 184 valence electrons. The van der Waals surface area contributed by atoms with Gasteiger partial charge in [0.05, 0.1) is 19.3 Å². The average Bonchev–Trinajstić information content (AvgIpc) is 3.24. The number of anilines is 1. The number of carbonyl (C=O) groups excluding carboxylic acids is 1. The minimum Gasteiger partial charge on any atom is -0.493 e. The Morgan fingerprint density at radius 3 is 2.74 bits per heavy atom. The van der Waals surface area contributed by atoms with Gasteiger partial charge in [-0.05, 0) is 55.0 Å². The van der Waals surface area contributed by atoms with E-state index in [1.807, 2.05) is 56.3 Å². The van der Waals surface area contributed by atoms with Crippen molar-refractivity contribution < 1.29 is 19.0 Å². The number of hydrogen-bond donors (Lipinski definition) is 1. The van der Waals surface area contributed by atoms with Crippen LogP contribution in [0.4, 0.5) is 5.95 Å². The minimum atomic E-state index is -0.542. The minimum absolute atomic E-state index is 0.267. The molecule has 0 spiro atoms. The molecule has 1 aliphatic rings. The maximum atomic E-state index is 13.0. The SMILES string of the molecule is CCOC(=O)C1=C(C)Nc2nc(SCC)nn2C1c1ccc(OCc2cccc(Cl)c2)c(OC)c1. The van der Waals surface area contributed by atoms with E-state index < -0.39 is 12.0 Å². The van der Waals surface area contributed by atoms with Gasteiger partial charge >= 0.3 is 5.97 Å². The highest BCUT2D eigenvalue weighted by atomic mass is 35.5. The summed E-state index contributed by atoms with van der Waals surface area (Å²) in [4.78, 5) is 17.6. The molecule has 2 aromatic carbocycles. The van der Waals surface area contributed by atoms with Gasteiger partial charge < -0.3 is 19.5 Å². The lowest BCUT2D eigenvalue weighted by molar-refractivity contribution is -0.139. The Morgan fingerprint density at radius 1 is 1.20 bits per heavy atom. The fraction of sp³-hybridized carbons (Fsp3) is 0.320. The van der Waals surface area contributed by atoms with Crippen molar-refractivity contribution in [1.29, 1.82) is 0 Å². The first kappa shape index (κ1) is 24.9. The molecule has 0 bridgehead atoms. The van der Waals surface area contributed by atoms with E-state index in [-0.39, 0.29) is 6.61 Å². The predicted octanol–water partition coefficient (Wildman–Crippen LogP) is 5.48. The van der Waals surface area contributed by atoms with Crippen LogP contribution in [0.15, 0.2) is 58.9 Å². The van der Waals surface area contributed by atoms with E-state index in [9.17, 15) is 4.79 Å². The van der Waals surface area contributed by atoms with Gasteiger partial charge in [0.25, 0.3) is 0 Å². The number of methoxy groups -OCH3 is 1. The number of hydrogen-bond acceptors (Lipinski definition) is 8. The number of esters is 1. The lowest BCUT2D eigenvalue weighted by Crippen LogP contribution is -2.29. The fourth-order valence-corrected chi connectivity index (χ4v) is 4.63. The summed E-state index contributed by atoms with van der Waals surface area (Å²) in [5.41, 5.74) is 2.87. The topological polar surface area (TPSA) is 87.5 Å². The van der Waals surface area contributed by atoms with E-state index in [4.69, 9.17) is 25.8 Å². The second kappa shape index (κ2) is 11.0. The lowest BCUT2D eigenvalue weighted by atomic mass is 9.95. The standard InChI is InChI=1S/C25H27ClN4O4S/c1-5-33-23(31)21-15(3)27-24-28-25(35-6-2)29-30(24)22(21)17-10-11-19(20(13-17)32-4)34-14-16-8-7-9-18(26)12-16/h7-13,22H,5-6,14H2,1-4H3,(H,27,28,29). The van der Waals surface area contributed by atoms with Crippen LogP contribution in [-0.2, 0) is 16.1 Å². The number of benzene rings is 2. The maximum absolute atomic E-state index is 13.0. The molecule has 35 heavy (non-hydrogen) atoms. The molecular formula is C25H27ClN4O4S. The van der Waals surface area contributed by atoms with Crippen molar-refractivity contribution in [3.05, 3.63) is 69.9 Å². The molecule has 0 saturated heterocycles. The number of halogens is 1. The molecule has 1 unspecified atom stereocenters. The van der Waals surface area contributed by atoms with Gasteiger partial charge in [0.1, 0.15) is 12.6 Å². The van der Waals surface area contributed by atoms with E-state index in [0.29, 0.717) is 45.5 Å². The molecule has 0 fully saturated rings. The Kier molecular flexibility index (Phi) is 7.87. The Bertz CT molecular complexity index is 1260. The molecule has 8 nitrogen and oxygen atoms in total. The number of rotatable bonds is 9. The van der Waals surface area contributed by atoms with Gasteiger partial charge in [-0.1, -0.05) is 48.5 Å². The van der Waals surface area contributed by atoms with Crippen LogP contribution in [-0.4, -0.2) is 40.2 Å². The lowest BCUT2D eigenvalue weighted by Gasteiger charge is -2.28. The average molecular weight is 515 g/mol. The molecule has 2 heterocycles. The summed E-state index contributed by atoms with van der Waals surface area (Å²) >= 11 is 7.62. The highest BCUT2D eigenvalue weighted by Gasteiger charge is 2.35. The van der Waals surface area contributed by atoms with E-state index in [2.05, 4.69) is 15.4 Å².